The molecule has 0 saturated heterocycles. The Labute approximate surface area is 766 Å². The van der Waals surface area contributed by atoms with Crippen LogP contribution in [0.1, 0.15) is 0 Å². The summed E-state index contributed by atoms with van der Waals surface area (Å²) in [7, 11) is 0. The molecule has 0 spiro atoms. The summed E-state index contributed by atoms with van der Waals surface area (Å²) < 4.78 is 19.0. The average molecular weight is 1690 g/mol. The minimum atomic E-state index is 0.915. The Morgan fingerprint density at radius 3 is 0.699 bits per heavy atom. The first-order valence-corrected chi connectivity index (χ1v) is 45.7. The molecular formula is C130H80O3. The minimum Gasteiger partial charge on any atom is -0.456 e. The fourth-order valence-electron chi connectivity index (χ4n) is 21.4. The van der Waals surface area contributed by atoms with Crippen molar-refractivity contribution in [3.63, 3.8) is 0 Å². The third kappa shape index (κ3) is 13.1. The van der Waals surface area contributed by atoms with Crippen LogP contribution in [-0.4, -0.2) is 0 Å². The maximum Gasteiger partial charge on any atom is 0.136 e. The van der Waals surface area contributed by atoms with Gasteiger partial charge in [0.25, 0.3) is 0 Å². The zero-order valence-electron chi connectivity index (χ0n) is 72.4. The summed E-state index contributed by atoms with van der Waals surface area (Å²) in [5.41, 5.74) is 27.7. The first-order valence-electron chi connectivity index (χ1n) is 45.7. The smallest absolute Gasteiger partial charge is 0.136 e. The highest BCUT2D eigenvalue weighted by Crippen LogP contribution is 2.51. The molecule has 0 aliphatic heterocycles. The maximum absolute atomic E-state index is 6.33. The van der Waals surface area contributed by atoms with Gasteiger partial charge in [0, 0.05) is 32.3 Å². The Hall–Kier alpha value is -17.5. The molecule has 0 atom stereocenters. The van der Waals surface area contributed by atoms with E-state index in [0.717, 1.165) is 82.5 Å². The highest BCUT2D eigenvalue weighted by Gasteiger charge is 2.25. The van der Waals surface area contributed by atoms with Gasteiger partial charge in [0.2, 0.25) is 0 Å². The topological polar surface area (TPSA) is 39.4 Å². The first-order chi connectivity index (χ1) is 65.9. The quantitative estimate of drug-likeness (QED) is 0.135. The van der Waals surface area contributed by atoms with Gasteiger partial charge in [0.15, 0.2) is 0 Å². The number of hydrogen-bond donors (Lipinski definition) is 0. The standard InChI is InChI=1S/C46H28O.2C42H26O/c1-2-12-35-29(10-1)11-9-18-36(35)32-22-20-31-27-33(23-21-30(31)26-32)45-39-14-3-5-16-41(39)46(42-17-6-4-15-40(42)45)34-24-25-38-37-13-7-8-19-43(37)47-44(38)28-34;1-2-11-27(12-3-1)28-21-23-31-29(25-28)13-10-19-34(31)42-37-17-6-4-15-35(37)41(36-16-5-7-18-38(36)42)30-22-24-33-32-14-8-9-20-39(32)43-40(33)26-30;1-2-10-27(11-3-1)28-18-19-30-25-31(21-20-29(30)24-28)41-35-13-4-6-15-37(35)42(38-16-7-5-14-36(38)41)32-22-23-34-33-12-8-9-17-39(33)43-40(34)26-32/h1-28H;2*1-26H. The Balaban J connectivity index is 0.000000104. The summed E-state index contributed by atoms with van der Waals surface area (Å²) in [6.07, 6.45) is 0. The van der Waals surface area contributed by atoms with Gasteiger partial charge in [0.1, 0.15) is 33.5 Å². The van der Waals surface area contributed by atoms with Crippen molar-refractivity contribution in [3.8, 4) is 100 Å². The minimum absolute atomic E-state index is 0.915. The highest BCUT2D eigenvalue weighted by atomic mass is 16.3. The molecule has 0 aliphatic rings. The van der Waals surface area contributed by atoms with Gasteiger partial charge >= 0.3 is 0 Å². The molecule has 0 fully saturated rings. The van der Waals surface area contributed by atoms with E-state index >= 15 is 0 Å². The molecule has 0 N–H and O–H groups in total. The van der Waals surface area contributed by atoms with E-state index in [9.17, 15) is 0 Å². The number of para-hydroxylation sites is 3. The summed E-state index contributed by atoms with van der Waals surface area (Å²) >= 11 is 0. The summed E-state index contributed by atoms with van der Waals surface area (Å²) in [4.78, 5) is 0. The van der Waals surface area contributed by atoms with Crippen molar-refractivity contribution in [1.82, 2.24) is 0 Å². The molecule has 3 nitrogen and oxygen atoms in total. The van der Waals surface area contributed by atoms with Crippen LogP contribution in [-0.2, 0) is 0 Å². The molecule has 133 heavy (non-hydrogen) atoms. The number of hydrogen-bond acceptors (Lipinski definition) is 3. The molecule has 3 aromatic heterocycles. The Morgan fingerprint density at radius 2 is 0.323 bits per heavy atom. The number of rotatable bonds is 9. The van der Waals surface area contributed by atoms with Crippen molar-refractivity contribution < 1.29 is 13.3 Å². The zero-order chi connectivity index (χ0) is 87.6. The van der Waals surface area contributed by atoms with Crippen LogP contribution in [0.25, 0.3) is 274 Å². The molecule has 3 heterocycles. The van der Waals surface area contributed by atoms with Gasteiger partial charge in [0.05, 0.1) is 0 Å². The summed E-state index contributed by atoms with van der Waals surface area (Å²) in [5.74, 6) is 0. The van der Waals surface area contributed by atoms with Crippen molar-refractivity contribution in [3.05, 3.63) is 485 Å². The molecule has 618 valence electrons. The Morgan fingerprint density at radius 1 is 0.0977 bits per heavy atom. The van der Waals surface area contributed by atoms with Crippen molar-refractivity contribution >= 4 is 174 Å². The molecular weight excluding hydrogens is 1610 g/mol. The molecule has 0 amide bonds. The second-order valence-electron chi connectivity index (χ2n) is 35.0. The van der Waals surface area contributed by atoms with E-state index in [4.69, 9.17) is 13.3 Å². The van der Waals surface area contributed by atoms with Crippen LogP contribution in [0.3, 0.4) is 0 Å². The highest BCUT2D eigenvalue weighted by molar-refractivity contribution is 6.27. The molecule has 0 bridgehead atoms. The fraction of sp³-hybridized carbons (Fsp3) is 0. The van der Waals surface area contributed by atoms with Crippen LogP contribution in [0.5, 0.6) is 0 Å². The van der Waals surface area contributed by atoms with Gasteiger partial charge in [-0.2, -0.15) is 0 Å². The van der Waals surface area contributed by atoms with Crippen LogP contribution in [0.2, 0.25) is 0 Å². The lowest BCUT2D eigenvalue weighted by Crippen LogP contribution is -1.91. The molecule has 25 aromatic carbocycles. The van der Waals surface area contributed by atoms with Crippen molar-refractivity contribution in [2.45, 2.75) is 0 Å². The molecule has 0 unspecified atom stereocenters. The van der Waals surface area contributed by atoms with Crippen LogP contribution in [0, 0.1) is 0 Å². The van der Waals surface area contributed by atoms with Gasteiger partial charge in [-0.15, -0.1) is 0 Å². The third-order valence-corrected chi connectivity index (χ3v) is 27.5. The van der Waals surface area contributed by atoms with E-state index < -0.39 is 0 Å². The predicted octanol–water partition coefficient (Wildman–Crippen LogP) is 37.3. The van der Waals surface area contributed by atoms with Gasteiger partial charge in [-0.1, -0.05) is 400 Å². The summed E-state index contributed by atoms with van der Waals surface area (Å²) in [5, 5.41) is 31.9. The summed E-state index contributed by atoms with van der Waals surface area (Å²) in [6.45, 7) is 0. The lowest BCUT2D eigenvalue weighted by Gasteiger charge is -2.19. The molecule has 28 rings (SSSR count). The van der Waals surface area contributed by atoms with E-state index in [1.165, 1.54) is 191 Å². The number of benzene rings is 25. The lowest BCUT2D eigenvalue weighted by molar-refractivity contribution is 0.668. The predicted molar refractivity (Wildman–Crippen MR) is 565 cm³/mol. The third-order valence-electron chi connectivity index (χ3n) is 27.5. The largest absolute Gasteiger partial charge is 0.456 e. The monoisotopic (exact) mass is 1690 g/mol. The number of fused-ring (bicyclic) bond motifs is 19. The van der Waals surface area contributed by atoms with Gasteiger partial charge in [-0.05, 0) is 293 Å². The maximum atomic E-state index is 6.33. The van der Waals surface area contributed by atoms with Crippen LogP contribution in [0.4, 0.5) is 0 Å². The molecule has 3 heteroatoms. The van der Waals surface area contributed by atoms with Gasteiger partial charge < -0.3 is 13.3 Å². The van der Waals surface area contributed by atoms with Crippen molar-refractivity contribution in [2.75, 3.05) is 0 Å². The Kier molecular flexibility index (Phi) is 18.3. The fourth-order valence-corrected chi connectivity index (χ4v) is 21.4. The van der Waals surface area contributed by atoms with Crippen molar-refractivity contribution in [2.24, 2.45) is 0 Å². The van der Waals surface area contributed by atoms with Crippen LogP contribution < -0.4 is 0 Å². The van der Waals surface area contributed by atoms with Gasteiger partial charge in [-0.25, -0.2) is 0 Å². The molecule has 0 saturated carbocycles. The van der Waals surface area contributed by atoms with E-state index in [0.29, 0.717) is 0 Å². The lowest BCUT2D eigenvalue weighted by atomic mass is 9.84. The van der Waals surface area contributed by atoms with E-state index in [1.807, 2.05) is 36.4 Å². The first kappa shape index (κ1) is 76.7. The van der Waals surface area contributed by atoms with Crippen LogP contribution in [0.15, 0.2) is 499 Å². The van der Waals surface area contributed by atoms with Crippen molar-refractivity contribution in [1.29, 1.82) is 0 Å². The Bertz CT molecular complexity index is 9420. The molecule has 0 aliphatic carbocycles. The van der Waals surface area contributed by atoms with E-state index in [-0.39, 0.29) is 0 Å². The molecule has 0 radical (unpaired) electrons. The van der Waals surface area contributed by atoms with Crippen LogP contribution >= 0.6 is 0 Å². The van der Waals surface area contributed by atoms with E-state index in [1.54, 1.807) is 0 Å². The SMILES string of the molecule is c1ccc(-c2ccc3c(-c4c5ccccc5c(-c5ccc6c(c5)oc5ccccc56)c5ccccc45)cccc3c2)cc1.c1ccc(-c2ccc3cc(-c4c5ccccc5c(-c5ccc6c(c5)oc5ccccc56)c5ccccc45)ccc3c2)cc1.c1ccc2c(-c3ccc4cc(-c5c6ccccc6c(-c6ccc7c(c6)oc6ccccc67)c6ccccc56)ccc4c3)cccc2c1. The average Bonchev–Trinajstić information content (AvgIpc) is 1.38. The summed E-state index contributed by atoms with van der Waals surface area (Å²) in [6, 6.07) is 175. The normalized spacial score (nSPS) is 11.8. The zero-order valence-corrected chi connectivity index (χ0v) is 72.4. The van der Waals surface area contributed by atoms with Gasteiger partial charge in [-0.3, -0.25) is 0 Å². The second kappa shape index (κ2) is 31.8. The molecule has 28 aromatic rings. The second-order valence-corrected chi connectivity index (χ2v) is 35.0. The number of furan rings is 3. The van der Waals surface area contributed by atoms with E-state index in [2.05, 4.69) is 449 Å².